The van der Waals surface area contributed by atoms with Crippen LogP contribution in [0.3, 0.4) is 0 Å². The van der Waals surface area contributed by atoms with Crippen LogP contribution in [0.1, 0.15) is 19.3 Å². The maximum absolute atomic E-state index is 13.3. The molecule has 1 saturated heterocycles. The molecule has 2 N–H and O–H groups in total. The molecule has 1 aromatic carbocycles. The van der Waals surface area contributed by atoms with E-state index in [4.69, 9.17) is 0 Å². The lowest BCUT2D eigenvalue weighted by molar-refractivity contribution is -0.384. The van der Waals surface area contributed by atoms with Crippen molar-refractivity contribution in [2.24, 2.45) is 0 Å². The molecule has 1 heterocycles. The average molecular weight is 332 g/mol. The minimum absolute atomic E-state index is 0.222. The Kier molecular flexibility index (Phi) is 4.71. The van der Waals surface area contributed by atoms with Crippen molar-refractivity contribution in [2.75, 3.05) is 18.4 Å². The third-order valence-corrected chi connectivity index (χ3v) is 3.81. The number of rotatable bonds is 5. The van der Waals surface area contributed by atoms with Gasteiger partial charge in [0.2, 0.25) is 0 Å². The third kappa shape index (κ3) is 3.63. The maximum Gasteiger partial charge on any atom is 0.295 e. The van der Waals surface area contributed by atoms with Crippen LogP contribution >= 0.6 is 15.9 Å². The molecule has 2 rings (SSSR count). The summed E-state index contributed by atoms with van der Waals surface area (Å²) >= 11 is 3.04. The Morgan fingerprint density at radius 2 is 2.37 bits per heavy atom. The van der Waals surface area contributed by atoms with E-state index in [0.29, 0.717) is 18.3 Å². The number of hydrogen-bond acceptors (Lipinski definition) is 4. The van der Waals surface area contributed by atoms with E-state index in [2.05, 4.69) is 26.6 Å². The minimum atomic E-state index is -0.630. The van der Waals surface area contributed by atoms with Crippen LogP contribution < -0.4 is 10.6 Å². The van der Waals surface area contributed by atoms with E-state index in [1.807, 2.05) is 0 Å². The molecule has 0 spiro atoms. The van der Waals surface area contributed by atoms with Crippen molar-refractivity contribution in [3.63, 3.8) is 0 Å². The molecule has 19 heavy (non-hydrogen) atoms. The summed E-state index contributed by atoms with van der Waals surface area (Å²) in [6.45, 7) is 1.66. The second-order valence-electron chi connectivity index (χ2n) is 4.55. The van der Waals surface area contributed by atoms with Crippen LogP contribution in [-0.2, 0) is 0 Å². The molecule has 0 saturated carbocycles. The van der Waals surface area contributed by atoms with E-state index in [1.165, 1.54) is 12.5 Å². The molecule has 0 bridgehead atoms. The number of nitro benzene ring substituents is 1. The van der Waals surface area contributed by atoms with Crippen molar-refractivity contribution < 1.29 is 9.31 Å². The molecule has 0 amide bonds. The maximum atomic E-state index is 13.3. The minimum Gasteiger partial charge on any atom is -0.379 e. The van der Waals surface area contributed by atoms with Crippen LogP contribution in [0.2, 0.25) is 0 Å². The lowest BCUT2D eigenvalue weighted by Gasteiger charge is -2.12. The standard InChI is InChI=1S/C12H15BrFN3O2/c13-9-6-11(12(17(18)19)7-10(9)14)16-5-3-8-2-1-4-15-8/h6-8,15-16H,1-5H2/t8-/m1/s1. The van der Waals surface area contributed by atoms with Gasteiger partial charge < -0.3 is 10.6 Å². The Morgan fingerprint density at radius 1 is 1.58 bits per heavy atom. The summed E-state index contributed by atoms with van der Waals surface area (Å²) in [6, 6.07) is 2.81. The Morgan fingerprint density at radius 3 is 3.00 bits per heavy atom. The molecule has 0 radical (unpaired) electrons. The monoisotopic (exact) mass is 331 g/mol. The highest BCUT2D eigenvalue weighted by Crippen LogP contribution is 2.30. The summed E-state index contributed by atoms with van der Waals surface area (Å²) in [5.74, 6) is -0.630. The molecule has 5 nitrogen and oxygen atoms in total. The van der Waals surface area contributed by atoms with Crippen molar-refractivity contribution in [3.8, 4) is 0 Å². The van der Waals surface area contributed by atoms with Gasteiger partial charge in [0.05, 0.1) is 15.5 Å². The lowest BCUT2D eigenvalue weighted by atomic mass is 10.1. The summed E-state index contributed by atoms with van der Waals surface area (Å²) in [5.41, 5.74) is 0.108. The van der Waals surface area contributed by atoms with Crippen molar-refractivity contribution in [3.05, 3.63) is 32.5 Å². The number of nitro groups is 1. The average Bonchev–Trinajstić information content (AvgIpc) is 2.86. The molecular formula is C12H15BrFN3O2. The van der Waals surface area contributed by atoms with Crippen LogP contribution in [0.15, 0.2) is 16.6 Å². The SMILES string of the molecule is O=[N+]([O-])c1cc(F)c(Br)cc1NCC[C@H]1CCCN1. The van der Waals surface area contributed by atoms with E-state index in [-0.39, 0.29) is 10.2 Å². The lowest BCUT2D eigenvalue weighted by Crippen LogP contribution is -2.24. The highest BCUT2D eigenvalue weighted by Gasteiger charge is 2.18. The van der Waals surface area contributed by atoms with E-state index in [9.17, 15) is 14.5 Å². The van der Waals surface area contributed by atoms with Crippen molar-refractivity contribution in [1.82, 2.24) is 5.32 Å². The van der Waals surface area contributed by atoms with Gasteiger partial charge in [-0.25, -0.2) is 4.39 Å². The van der Waals surface area contributed by atoms with Crippen molar-refractivity contribution >= 4 is 27.3 Å². The number of nitrogens with zero attached hydrogens (tertiary/aromatic N) is 1. The summed E-state index contributed by atoms with van der Waals surface area (Å²) in [7, 11) is 0. The molecule has 0 aromatic heterocycles. The van der Waals surface area contributed by atoms with E-state index in [1.54, 1.807) is 0 Å². The number of benzene rings is 1. The second kappa shape index (κ2) is 6.29. The zero-order chi connectivity index (χ0) is 13.8. The van der Waals surface area contributed by atoms with Gasteiger partial charge in [0.25, 0.3) is 5.69 Å². The third-order valence-electron chi connectivity index (χ3n) is 3.21. The normalized spacial score (nSPS) is 18.5. The van der Waals surface area contributed by atoms with Crippen LogP contribution in [0, 0.1) is 15.9 Å². The fraction of sp³-hybridized carbons (Fsp3) is 0.500. The molecule has 1 fully saturated rings. The van der Waals surface area contributed by atoms with Gasteiger partial charge in [0.1, 0.15) is 11.5 Å². The van der Waals surface area contributed by atoms with Gasteiger partial charge in [-0.05, 0) is 47.8 Å². The predicted octanol–water partition coefficient (Wildman–Crippen LogP) is 3.05. The summed E-state index contributed by atoms with van der Waals surface area (Å²) in [4.78, 5) is 10.3. The Hall–Kier alpha value is -1.21. The first-order valence-corrected chi connectivity index (χ1v) is 6.98. The van der Waals surface area contributed by atoms with Gasteiger partial charge in [-0.3, -0.25) is 10.1 Å². The number of hydrogen-bond donors (Lipinski definition) is 2. The topological polar surface area (TPSA) is 67.2 Å². The van der Waals surface area contributed by atoms with Crippen LogP contribution in [0.5, 0.6) is 0 Å². The van der Waals surface area contributed by atoms with Gasteiger partial charge in [-0.1, -0.05) is 0 Å². The number of anilines is 1. The zero-order valence-electron chi connectivity index (χ0n) is 10.3. The van der Waals surface area contributed by atoms with Gasteiger partial charge in [0.15, 0.2) is 0 Å². The highest BCUT2D eigenvalue weighted by atomic mass is 79.9. The number of nitrogens with one attached hydrogen (secondary N) is 2. The Balaban J connectivity index is 2.01. The molecule has 1 atom stereocenters. The van der Waals surface area contributed by atoms with Crippen LogP contribution in [0.25, 0.3) is 0 Å². The molecule has 1 aliphatic rings. The fourth-order valence-electron chi connectivity index (χ4n) is 2.21. The Labute approximate surface area is 118 Å². The summed E-state index contributed by atoms with van der Waals surface area (Å²) < 4.78 is 13.5. The van der Waals surface area contributed by atoms with Crippen LogP contribution in [-0.4, -0.2) is 24.1 Å². The fourth-order valence-corrected chi connectivity index (χ4v) is 2.56. The van der Waals surface area contributed by atoms with Gasteiger partial charge in [0, 0.05) is 12.6 Å². The van der Waals surface area contributed by atoms with Gasteiger partial charge in [-0.2, -0.15) is 0 Å². The first-order valence-electron chi connectivity index (χ1n) is 6.18. The molecule has 1 aliphatic heterocycles. The molecule has 7 heteroatoms. The number of halogens is 2. The molecular weight excluding hydrogens is 317 g/mol. The first kappa shape index (κ1) is 14.2. The van der Waals surface area contributed by atoms with E-state index >= 15 is 0 Å². The Bertz CT molecular complexity index is 478. The molecule has 0 unspecified atom stereocenters. The summed E-state index contributed by atoms with van der Waals surface area (Å²) in [6.07, 6.45) is 3.20. The zero-order valence-corrected chi connectivity index (χ0v) is 11.9. The van der Waals surface area contributed by atoms with E-state index < -0.39 is 10.7 Å². The summed E-state index contributed by atoms with van der Waals surface area (Å²) in [5, 5.41) is 17.2. The van der Waals surface area contributed by atoms with Crippen molar-refractivity contribution in [1.29, 1.82) is 0 Å². The highest BCUT2D eigenvalue weighted by molar-refractivity contribution is 9.10. The molecule has 104 valence electrons. The second-order valence-corrected chi connectivity index (χ2v) is 5.40. The van der Waals surface area contributed by atoms with E-state index in [0.717, 1.165) is 25.5 Å². The smallest absolute Gasteiger partial charge is 0.295 e. The molecule has 1 aromatic rings. The van der Waals surface area contributed by atoms with Crippen LogP contribution in [0.4, 0.5) is 15.8 Å². The largest absolute Gasteiger partial charge is 0.379 e. The first-order chi connectivity index (χ1) is 9.08. The predicted molar refractivity (Wildman–Crippen MR) is 74.9 cm³/mol. The quantitative estimate of drug-likeness (QED) is 0.642. The molecule has 0 aliphatic carbocycles. The van der Waals surface area contributed by atoms with Crippen molar-refractivity contribution in [2.45, 2.75) is 25.3 Å². The van der Waals surface area contributed by atoms with Gasteiger partial charge in [-0.15, -0.1) is 0 Å². The van der Waals surface area contributed by atoms with Gasteiger partial charge >= 0.3 is 0 Å².